The Hall–Kier alpha value is -0.530. The number of hydrogen-bond donors (Lipinski definition) is 0. The van der Waals surface area contributed by atoms with Crippen molar-refractivity contribution in [2.75, 3.05) is 7.05 Å². The zero-order valence-electron chi connectivity index (χ0n) is 5.61. The summed E-state index contributed by atoms with van der Waals surface area (Å²) in [7, 11) is 1.35. The third kappa shape index (κ3) is 1.96. The average molecular weight is 117 g/mol. The lowest BCUT2D eigenvalue weighted by molar-refractivity contribution is 0.0946. The maximum absolute atomic E-state index is 12.1. The van der Waals surface area contributed by atoms with Gasteiger partial charge in [0.2, 0.25) is 0 Å². The molecule has 0 aliphatic carbocycles. The monoisotopic (exact) mass is 117 g/mol. The molecule has 0 rings (SSSR count). The summed E-state index contributed by atoms with van der Waals surface area (Å²) in [5.41, 5.74) is 0.519. The summed E-state index contributed by atoms with van der Waals surface area (Å²) in [6, 6.07) is 0. The molecule has 0 heterocycles. The van der Waals surface area contributed by atoms with Crippen LogP contribution in [-0.2, 0) is 0 Å². The highest BCUT2D eigenvalue weighted by atomic mass is 19.2. The van der Waals surface area contributed by atoms with Gasteiger partial charge in [0.05, 0.1) is 0 Å². The molecule has 2 heteroatoms. The molecule has 0 amide bonds. The molecule has 0 aliphatic heterocycles. The molecule has 0 saturated heterocycles. The van der Waals surface area contributed by atoms with Crippen molar-refractivity contribution in [2.24, 2.45) is 5.92 Å². The van der Waals surface area contributed by atoms with E-state index < -0.39 is 0 Å². The summed E-state index contributed by atoms with van der Waals surface area (Å²) in [5, 5.41) is 0.546. The van der Waals surface area contributed by atoms with Crippen LogP contribution in [0.4, 0.5) is 4.48 Å². The van der Waals surface area contributed by atoms with Gasteiger partial charge in [-0.3, -0.25) is 0 Å². The molecule has 0 aromatic carbocycles. The molecule has 0 aromatic heterocycles. The van der Waals surface area contributed by atoms with Gasteiger partial charge in [0.1, 0.15) is 0 Å². The van der Waals surface area contributed by atoms with Gasteiger partial charge in [-0.15, -0.1) is 4.48 Å². The van der Waals surface area contributed by atoms with Crippen LogP contribution in [0.15, 0.2) is 12.3 Å². The van der Waals surface area contributed by atoms with E-state index in [-0.39, 0.29) is 5.92 Å². The number of allylic oxidation sites excluding steroid dienone is 1. The summed E-state index contributed by atoms with van der Waals surface area (Å²) in [6.07, 6.45) is 0. The van der Waals surface area contributed by atoms with Crippen molar-refractivity contribution >= 4 is 0 Å². The van der Waals surface area contributed by atoms with Crippen molar-refractivity contribution in [1.82, 2.24) is 5.12 Å². The molecule has 1 nitrogen and oxygen atoms in total. The van der Waals surface area contributed by atoms with Gasteiger partial charge in [0.15, 0.2) is 0 Å². The zero-order chi connectivity index (χ0) is 6.73. The van der Waals surface area contributed by atoms with Crippen LogP contribution >= 0.6 is 0 Å². The highest BCUT2D eigenvalue weighted by Gasteiger charge is 2.02. The van der Waals surface area contributed by atoms with Crippen LogP contribution in [0.5, 0.6) is 0 Å². The van der Waals surface area contributed by atoms with Crippen molar-refractivity contribution in [3.8, 4) is 0 Å². The number of halogens is 1. The summed E-state index contributed by atoms with van der Waals surface area (Å²) in [5.74, 6) is 0.199. The lowest BCUT2D eigenvalue weighted by Gasteiger charge is -2.12. The molecule has 0 N–H and O–H groups in total. The average Bonchev–Trinajstić information content (AvgIpc) is 1.64. The van der Waals surface area contributed by atoms with Gasteiger partial charge < -0.3 is 0 Å². The molecule has 0 bridgehead atoms. The minimum absolute atomic E-state index is 0.199. The standard InChI is InChI=1S/C6H12FN/c1-5(2)6(3)8(4)7/h5H,3H2,1-2,4H3. The van der Waals surface area contributed by atoms with Crippen molar-refractivity contribution in [1.29, 1.82) is 0 Å². The van der Waals surface area contributed by atoms with Crippen LogP contribution in [-0.4, -0.2) is 12.2 Å². The molecule has 0 aromatic rings. The van der Waals surface area contributed by atoms with Gasteiger partial charge in [0, 0.05) is 12.7 Å². The summed E-state index contributed by atoms with van der Waals surface area (Å²) >= 11 is 0. The Bertz CT molecular complexity index is 76.5. The Morgan fingerprint density at radius 1 is 1.62 bits per heavy atom. The lowest BCUT2D eigenvalue weighted by Crippen LogP contribution is -2.09. The summed E-state index contributed by atoms with van der Waals surface area (Å²) in [4.78, 5) is 0. The molecular weight excluding hydrogens is 105 g/mol. The maximum Gasteiger partial charge on any atom is 0.0412 e. The Labute approximate surface area is 49.7 Å². The fraction of sp³-hybridized carbons (Fsp3) is 0.667. The smallest absolute Gasteiger partial charge is 0.0412 e. The predicted octanol–water partition coefficient (Wildman–Crippen LogP) is 1.97. The third-order valence-electron chi connectivity index (χ3n) is 1.06. The largest absolute Gasteiger partial charge is 0.219 e. The maximum atomic E-state index is 12.1. The van der Waals surface area contributed by atoms with Crippen molar-refractivity contribution in [2.45, 2.75) is 13.8 Å². The second-order valence-corrected chi connectivity index (χ2v) is 2.12. The van der Waals surface area contributed by atoms with Gasteiger partial charge in [-0.2, -0.15) is 0 Å². The minimum Gasteiger partial charge on any atom is -0.219 e. The van der Waals surface area contributed by atoms with Crippen LogP contribution in [0.25, 0.3) is 0 Å². The molecular formula is C6H12FN. The first-order chi connectivity index (χ1) is 3.55. The topological polar surface area (TPSA) is 3.24 Å². The van der Waals surface area contributed by atoms with Gasteiger partial charge in [-0.05, 0) is 5.92 Å². The highest BCUT2D eigenvalue weighted by molar-refractivity contribution is 4.91. The van der Waals surface area contributed by atoms with Crippen LogP contribution in [0, 0.1) is 5.92 Å². The van der Waals surface area contributed by atoms with E-state index in [2.05, 4.69) is 6.58 Å². The Morgan fingerprint density at radius 2 is 2.00 bits per heavy atom. The molecule has 48 valence electrons. The Balaban J connectivity index is 3.65. The molecule has 0 radical (unpaired) electrons. The van der Waals surface area contributed by atoms with E-state index >= 15 is 0 Å². The first kappa shape index (κ1) is 7.47. The van der Waals surface area contributed by atoms with Crippen molar-refractivity contribution < 1.29 is 4.48 Å². The fourth-order valence-electron chi connectivity index (χ4n) is 0.356. The zero-order valence-corrected chi connectivity index (χ0v) is 5.61. The molecule has 0 unspecified atom stereocenters. The fourth-order valence-corrected chi connectivity index (χ4v) is 0.356. The van der Waals surface area contributed by atoms with Gasteiger partial charge in [-0.1, -0.05) is 20.4 Å². The van der Waals surface area contributed by atoms with E-state index in [9.17, 15) is 4.48 Å². The van der Waals surface area contributed by atoms with E-state index in [0.29, 0.717) is 10.8 Å². The second-order valence-electron chi connectivity index (χ2n) is 2.12. The molecule has 0 saturated carbocycles. The molecule has 0 fully saturated rings. The summed E-state index contributed by atoms with van der Waals surface area (Å²) < 4.78 is 12.1. The Morgan fingerprint density at radius 3 is 2.00 bits per heavy atom. The van der Waals surface area contributed by atoms with Gasteiger partial charge >= 0.3 is 0 Å². The minimum atomic E-state index is 0.199. The van der Waals surface area contributed by atoms with Crippen molar-refractivity contribution in [3.05, 3.63) is 12.3 Å². The lowest BCUT2D eigenvalue weighted by atomic mass is 10.2. The third-order valence-corrected chi connectivity index (χ3v) is 1.06. The SMILES string of the molecule is C=C(C(C)C)N(C)F. The second kappa shape index (κ2) is 2.70. The molecule has 0 atom stereocenters. The van der Waals surface area contributed by atoms with Crippen LogP contribution in [0.3, 0.4) is 0 Å². The van der Waals surface area contributed by atoms with E-state index in [4.69, 9.17) is 0 Å². The van der Waals surface area contributed by atoms with Crippen LogP contribution < -0.4 is 0 Å². The van der Waals surface area contributed by atoms with Crippen LogP contribution in [0.2, 0.25) is 0 Å². The quantitative estimate of drug-likeness (QED) is 0.500. The summed E-state index contributed by atoms with van der Waals surface area (Å²) in [6.45, 7) is 7.31. The number of nitrogens with zero attached hydrogens (tertiary/aromatic N) is 1. The van der Waals surface area contributed by atoms with E-state index in [1.54, 1.807) is 0 Å². The first-order valence-corrected chi connectivity index (χ1v) is 2.64. The van der Waals surface area contributed by atoms with Crippen molar-refractivity contribution in [3.63, 3.8) is 0 Å². The first-order valence-electron chi connectivity index (χ1n) is 2.64. The number of rotatable bonds is 2. The Kier molecular flexibility index (Phi) is 2.52. The van der Waals surface area contributed by atoms with E-state index in [1.165, 1.54) is 7.05 Å². The normalized spacial score (nSPS) is 9.62. The molecule has 8 heavy (non-hydrogen) atoms. The predicted molar refractivity (Wildman–Crippen MR) is 32.8 cm³/mol. The molecule has 0 aliphatic rings. The van der Waals surface area contributed by atoms with Gasteiger partial charge in [0.25, 0.3) is 0 Å². The number of hydrogen-bond acceptors (Lipinski definition) is 1. The highest BCUT2D eigenvalue weighted by Crippen LogP contribution is 2.09. The molecule has 0 spiro atoms. The van der Waals surface area contributed by atoms with Gasteiger partial charge in [-0.25, -0.2) is 5.12 Å². The van der Waals surface area contributed by atoms with E-state index in [0.717, 1.165) is 0 Å². The van der Waals surface area contributed by atoms with E-state index in [1.807, 2.05) is 13.8 Å². The van der Waals surface area contributed by atoms with Crippen LogP contribution in [0.1, 0.15) is 13.8 Å².